The third kappa shape index (κ3) is 4.32. The number of hydrogen-bond donors (Lipinski definition) is 4. The van der Waals surface area contributed by atoms with Crippen molar-refractivity contribution in [1.29, 1.82) is 0 Å². The van der Waals surface area contributed by atoms with Crippen LogP contribution in [0.25, 0.3) is 0 Å². The van der Waals surface area contributed by atoms with Crippen LogP contribution >= 0.6 is 0 Å². The molecule has 0 saturated carbocycles. The largest absolute Gasteiger partial charge is 0.361 e. The van der Waals surface area contributed by atoms with E-state index in [2.05, 4.69) is 46.6 Å². The maximum Gasteiger partial charge on any atom is 0.127 e. The van der Waals surface area contributed by atoms with Gasteiger partial charge in [-0.15, -0.1) is 0 Å². The topological polar surface area (TPSA) is 109 Å². The van der Waals surface area contributed by atoms with E-state index in [1.807, 2.05) is 29.4 Å². The number of rotatable bonds is 7. The second kappa shape index (κ2) is 9.49. The van der Waals surface area contributed by atoms with Gasteiger partial charge in [-0.05, 0) is 59.7 Å². The SMILES string of the molecule is NCc1ccc(CN(CC2Nc3ccccc3N2N)C2CCCc3cccnc32)c(CN)c1. The predicted octanol–water partition coefficient (Wildman–Crippen LogP) is 3.01. The average Bonchev–Trinajstić information content (AvgIpc) is 3.18. The maximum absolute atomic E-state index is 6.55. The van der Waals surface area contributed by atoms with Gasteiger partial charge in [-0.1, -0.05) is 36.4 Å². The van der Waals surface area contributed by atoms with Crippen molar-refractivity contribution in [1.82, 2.24) is 9.88 Å². The number of nitrogens with zero attached hydrogens (tertiary/aromatic N) is 3. The molecule has 5 rings (SSSR count). The van der Waals surface area contributed by atoms with Crippen molar-refractivity contribution in [2.45, 2.75) is 51.1 Å². The molecule has 2 unspecified atom stereocenters. The molecule has 2 aromatic carbocycles. The first kappa shape index (κ1) is 21.9. The van der Waals surface area contributed by atoms with Gasteiger partial charge in [0.25, 0.3) is 0 Å². The first-order valence-corrected chi connectivity index (χ1v) is 11.8. The van der Waals surface area contributed by atoms with Gasteiger partial charge in [-0.2, -0.15) is 0 Å². The average molecular weight is 444 g/mol. The molecule has 2 atom stereocenters. The Hall–Kier alpha value is -2.97. The van der Waals surface area contributed by atoms with Crippen LogP contribution in [-0.4, -0.2) is 22.6 Å². The summed E-state index contributed by atoms with van der Waals surface area (Å²) in [6.45, 7) is 2.55. The van der Waals surface area contributed by atoms with Crippen LogP contribution < -0.4 is 27.6 Å². The van der Waals surface area contributed by atoms with E-state index in [4.69, 9.17) is 22.3 Å². The fraction of sp³-hybridized carbons (Fsp3) is 0.346. The second-order valence-electron chi connectivity index (χ2n) is 8.98. The minimum Gasteiger partial charge on any atom is -0.361 e. The number of aromatic nitrogens is 1. The van der Waals surface area contributed by atoms with Crippen LogP contribution in [0, 0.1) is 0 Å². The van der Waals surface area contributed by atoms with E-state index in [0.717, 1.165) is 54.9 Å². The van der Waals surface area contributed by atoms with Gasteiger partial charge in [0, 0.05) is 32.4 Å². The minimum absolute atomic E-state index is 0.0267. The lowest BCUT2D eigenvalue weighted by molar-refractivity contribution is 0.158. The summed E-state index contributed by atoms with van der Waals surface area (Å²) >= 11 is 0. The summed E-state index contributed by atoms with van der Waals surface area (Å²) in [6, 6.07) is 19.1. The molecule has 172 valence electrons. The zero-order valence-electron chi connectivity index (χ0n) is 19.0. The minimum atomic E-state index is -0.0267. The van der Waals surface area contributed by atoms with Gasteiger partial charge in [0.1, 0.15) is 6.17 Å². The lowest BCUT2D eigenvalue weighted by atomic mass is 9.90. The molecule has 1 aliphatic carbocycles. The highest BCUT2D eigenvalue weighted by atomic mass is 15.5. The van der Waals surface area contributed by atoms with Crippen LogP contribution in [-0.2, 0) is 26.1 Å². The Morgan fingerprint density at radius 3 is 2.73 bits per heavy atom. The molecular formula is C26H33N7. The summed E-state index contributed by atoms with van der Waals surface area (Å²) in [5, 5.41) is 5.46. The molecule has 2 aliphatic rings. The van der Waals surface area contributed by atoms with E-state index in [1.165, 1.54) is 16.8 Å². The Bertz CT molecular complexity index is 1120. The van der Waals surface area contributed by atoms with E-state index in [0.29, 0.717) is 13.1 Å². The summed E-state index contributed by atoms with van der Waals surface area (Å²) < 4.78 is 0. The van der Waals surface area contributed by atoms with E-state index in [1.54, 1.807) is 0 Å². The van der Waals surface area contributed by atoms with Crippen molar-refractivity contribution in [2.24, 2.45) is 17.3 Å². The molecule has 0 fully saturated rings. The van der Waals surface area contributed by atoms with Crippen molar-refractivity contribution in [3.63, 3.8) is 0 Å². The summed E-state index contributed by atoms with van der Waals surface area (Å²) in [7, 11) is 0. The Morgan fingerprint density at radius 1 is 1.03 bits per heavy atom. The zero-order valence-corrected chi connectivity index (χ0v) is 19.0. The Balaban J connectivity index is 1.47. The maximum atomic E-state index is 6.55. The van der Waals surface area contributed by atoms with Crippen LogP contribution in [0.3, 0.4) is 0 Å². The third-order valence-electron chi connectivity index (χ3n) is 6.95. The Kier molecular flexibility index (Phi) is 6.28. The molecule has 0 radical (unpaired) electrons. The fourth-order valence-electron chi connectivity index (χ4n) is 5.21. The number of pyridine rings is 1. The molecule has 7 heteroatoms. The van der Waals surface area contributed by atoms with Crippen molar-refractivity contribution in [3.05, 3.63) is 88.7 Å². The van der Waals surface area contributed by atoms with Crippen molar-refractivity contribution < 1.29 is 0 Å². The Labute approximate surface area is 195 Å². The molecule has 33 heavy (non-hydrogen) atoms. The van der Waals surface area contributed by atoms with Crippen LogP contribution in [0.4, 0.5) is 11.4 Å². The number of para-hydroxylation sites is 2. The number of aryl methyl sites for hydroxylation is 1. The van der Waals surface area contributed by atoms with E-state index in [-0.39, 0.29) is 12.2 Å². The van der Waals surface area contributed by atoms with Gasteiger partial charge < -0.3 is 16.8 Å². The molecule has 0 saturated heterocycles. The van der Waals surface area contributed by atoms with Crippen LogP contribution in [0.2, 0.25) is 0 Å². The smallest absolute Gasteiger partial charge is 0.127 e. The molecule has 1 aromatic heterocycles. The van der Waals surface area contributed by atoms with Crippen molar-refractivity contribution >= 4 is 11.4 Å². The highest BCUT2D eigenvalue weighted by Crippen LogP contribution is 2.37. The van der Waals surface area contributed by atoms with E-state index < -0.39 is 0 Å². The van der Waals surface area contributed by atoms with Gasteiger partial charge >= 0.3 is 0 Å². The lowest BCUT2D eigenvalue weighted by Gasteiger charge is -2.38. The monoisotopic (exact) mass is 443 g/mol. The highest BCUT2D eigenvalue weighted by molar-refractivity contribution is 5.75. The van der Waals surface area contributed by atoms with Gasteiger partial charge in [0.15, 0.2) is 0 Å². The van der Waals surface area contributed by atoms with Gasteiger partial charge in [0.2, 0.25) is 0 Å². The first-order valence-electron chi connectivity index (χ1n) is 11.8. The highest BCUT2D eigenvalue weighted by Gasteiger charge is 2.33. The molecule has 2 heterocycles. The predicted molar refractivity (Wildman–Crippen MR) is 133 cm³/mol. The lowest BCUT2D eigenvalue weighted by Crippen LogP contribution is -2.49. The van der Waals surface area contributed by atoms with E-state index >= 15 is 0 Å². The molecule has 7 N–H and O–H groups in total. The van der Waals surface area contributed by atoms with Gasteiger partial charge in [-0.25, -0.2) is 5.84 Å². The molecule has 0 spiro atoms. The standard InChI is InChI=1S/C26H33N7/c27-14-18-10-11-20(21(13-18)15-28)16-32(24-9-3-5-19-6-4-12-30-26(19)24)17-25-31-22-7-1-2-8-23(22)33(25)29/h1-2,4,6-8,10-13,24-25,31H,3,5,9,14-17,27-29H2. The number of benzene rings is 2. The first-order chi connectivity index (χ1) is 16.2. The summed E-state index contributed by atoms with van der Waals surface area (Å²) in [6.07, 6.45) is 5.20. The number of hydrogen-bond acceptors (Lipinski definition) is 7. The summed E-state index contributed by atoms with van der Waals surface area (Å²) in [4.78, 5) is 7.34. The third-order valence-corrected chi connectivity index (χ3v) is 6.95. The summed E-state index contributed by atoms with van der Waals surface area (Å²) in [5.74, 6) is 6.55. The fourth-order valence-corrected chi connectivity index (χ4v) is 5.21. The number of hydrazine groups is 1. The van der Waals surface area contributed by atoms with Crippen LogP contribution in [0.15, 0.2) is 60.8 Å². The second-order valence-corrected chi connectivity index (χ2v) is 8.98. The van der Waals surface area contributed by atoms with Crippen LogP contribution in [0.1, 0.15) is 46.8 Å². The van der Waals surface area contributed by atoms with Gasteiger partial charge in [-0.3, -0.25) is 14.9 Å². The van der Waals surface area contributed by atoms with E-state index in [9.17, 15) is 0 Å². The summed E-state index contributed by atoms with van der Waals surface area (Å²) in [5.41, 5.74) is 20.1. The zero-order chi connectivity index (χ0) is 22.8. The van der Waals surface area contributed by atoms with Gasteiger partial charge in [0.05, 0.1) is 23.1 Å². The van der Waals surface area contributed by atoms with Crippen molar-refractivity contribution in [3.8, 4) is 0 Å². The molecule has 3 aromatic rings. The molecule has 0 bridgehead atoms. The molecule has 7 nitrogen and oxygen atoms in total. The molecule has 0 amide bonds. The van der Waals surface area contributed by atoms with Crippen molar-refractivity contribution in [2.75, 3.05) is 16.9 Å². The number of anilines is 2. The van der Waals surface area contributed by atoms with Crippen LogP contribution in [0.5, 0.6) is 0 Å². The molecule has 1 aliphatic heterocycles. The normalized spacial score (nSPS) is 19.3. The molecular weight excluding hydrogens is 410 g/mol. The number of fused-ring (bicyclic) bond motifs is 2. The Morgan fingerprint density at radius 2 is 1.91 bits per heavy atom. The number of nitrogens with one attached hydrogen (secondary N) is 1. The quantitative estimate of drug-likeness (QED) is 0.416. The number of nitrogens with two attached hydrogens (primary N) is 3.